The van der Waals surface area contributed by atoms with Crippen LogP contribution in [0.3, 0.4) is 0 Å². The zero-order valence-electron chi connectivity index (χ0n) is 18.5. The van der Waals surface area contributed by atoms with Crippen LogP contribution < -0.4 is 5.46 Å². The van der Waals surface area contributed by atoms with E-state index in [9.17, 15) is 0 Å². The van der Waals surface area contributed by atoms with Gasteiger partial charge in [0.15, 0.2) is 0 Å². The summed E-state index contributed by atoms with van der Waals surface area (Å²) >= 11 is 0. The summed E-state index contributed by atoms with van der Waals surface area (Å²) in [6.07, 6.45) is 0. The van der Waals surface area contributed by atoms with Gasteiger partial charge in [-0.1, -0.05) is 56.3 Å². The van der Waals surface area contributed by atoms with Gasteiger partial charge in [-0.2, -0.15) is 0 Å². The third kappa shape index (κ3) is 2.64. The van der Waals surface area contributed by atoms with Gasteiger partial charge in [0.25, 0.3) is 0 Å². The first-order chi connectivity index (χ1) is 13.6. The Kier molecular flexibility index (Phi) is 3.89. The Morgan fingerprint density at radius 3 is 1.86 bits per heavy atom. The van der Waals surface area contributed by atoms with Crippen molar-refractivity contribution in [1.82, 2.24) is 0 Å². The molecule has 0 aromatic heterocycles. The first kappa shape index (κ1) is 18.9. The van der Waals surface area contributed by atoms with Crippen molar-refractivity contribution >= 4 is 44.9 Å². The zero-order valence-corrected chi connectivity index (χ0v) is 18.5. The summed E-state index contributed by atoms with van der Waals surface area (Å²) in [6.45, 7) is 15.2. The Bertz CT molecular complexity index is 1220. The van der Waals surface area contributed by atoms with E-state index in [1.54, 1.807) is 0 Å². The van der Waals surface area contributed by atoms with E-state index in [0.29, 0.717) is 5.92 Å². The molecule has 1 aliphatic rings. The smallest absolute Gasteiger partial charge is 0.399 e. The number of hydrogen-bond donors (Lipinski definition) is 0. The summed E-state index contributed by atoms with van der Waals surface area (Å²) < 4.78 is 12.8. The molecule has 0 spiro atoms. The van der Waals surface area contributed by atoms with Crippen LogP contribution in [0, 0.1) is 6.92 Å². The topological polar surface area (TPSA) is 18.5 Å². The third-order valence-corrected chi connectivity index (χ3v) is 7.15. The molecule has 4 aromatic carbocycles. The van der Waals surface area contributed by atoms with Gasteiger partial charge in [-0.25, -0.2) is 0 Å². The molecule has 1 saturated heterocycles. The molecule has 29 heavy (non-hydrogen) atoms. The number of aryl methyl sites for hydroxylation is 1. The summed E-state index contributed by atoms with van der Waals surface area (Å²) in [6, 6.07) is 16.0. The SMILES string of the molecule is Cc1cc(B2OC(C)(C)C(C)(C)O2)c2ccc3cc(C(C)C)cc4ccc1c2c43. The van der Waals surface area contributed by atoms with Crippen LogP contribution in [0.1, 0.15) is 58.6 Å². The lowest BCUT2D eigenvalue weighted by Gasteiger charge is -2.32. The first-order valence-electron chi connectivity index (χ1n) is 10.7. The summed E-state index contributed by atoms with van der Waals surface area (Å²) in [5, 5.41) is 7.87. The largest absolute Gasteiger partial charge is 0.495 e. The Labute approximate surface area is 173 Å². The van der Waals surface area contributed by atoms with E-state index in [1.165, 1.54) is 43.4 Å². The van der Waals surface area contributed by atoms with Gasteiger partial charge in [-0.3, -0.25) is 0 Å². The molecule has 0 saturated carbocycles. The highest BCUT2D eigenvalue weighted by Gasteiger charge is 2.52. The number of benzene rings is 4. The Morgan fingerprint density at radius 2 is 1.31 bits per heavy atom. The third-order valence-electron chi connectivity index (χ3n) is 7.15. The van der Waals surface area contributed by atoms with Crippen LogP contribution in [0.4, 0.5) is 0 Å². The fraction of sp³-hybridized carbons (Fsp3) is 0.385. The quantitative estimate of drug-likeness (QED) is 0.298. The van der Waals surface area contributed by atoms with Crippen molar-refractivity contribution in [1.29, 1.82) is 0 Å². The van der Waals surface area contributed by atoms with Crippen LogP contribution >= 0.6 is 0 Å². The van der Waals surface area contributed by atoms with Crippen LogP contribution in [0.5, 0.6) is 0 Å². The summed E-state index contributed by atoms with van der Waals surface area (Å²) in [5.41, 5.74) is 3.10. The predicted molar refractivity (Wildman–Crippen MR) is 125 cm³/mol. The maximum Gasteiger partial charge on any atom is 0.495 e. The molecule has 1 fully saturated rings. The molecular formula is C26H29BO2. The van der Waals surface area contributed by atoms with E-state index in [2.05, 4.69) is 90.9 Å². The standard InChI is InChI=1S/C26H29BO2/c1-15(2)19-13-17-8-10-20-16(3)12-22(27-28-25(4,5)26(6,7)29-27)21-11-9-18(14-19)23(17)24(20)21/h8-15H,1-7H3. The maximum absolute atomic E-state index is 6.42. The molecule has 0 aliphatic carbocycles. The molecule has 148 valence electrons. The van der Waals surface area contributed by atoms with E-state index < -0.39 is 0 Å². The second-order valence-electron chi connectivity index (χ2n) is 9.97. The molecule has 0 atom stereocenters. The molecule has 3 heteroatoms. The average Bonchev–Trinajstić information content (AvgIpc) is 2.87. The van der Waals surface area contributed by atoms with Crippen LogP contribution in [-0.4, -0.2) is 18.3 Å². The second kappa shape index (κ2) is 5.96. The Morgan fingerprint density at radius 1 is 0.759 bits per heavy atom. The van der Waals surface area contributed by atoms with Gasteiger partial charge >= 0.3 is 7.12 Å². The van der Waals surface area contributed by atoms with Crippen LogP contribution in [0.15, 0.2) is 42.5 Å². The Balaban J connectivity index is 1.82. The molecule has 5 rings (SSSR count). The van der Waals surface area contributed by atoms with Gasteiger partial charge in [0, 0.05) is 0 Å². The van der Waals surface area contributed by atoms with Gasteiger partial charge in [-0.15, -0.1) is 0 Å². The molecule has 0 unspecified atom stereocenters. The highest BCUT2D eigenvalue weighted by atomic mass is 16.7. The van der Waals surface area contributed by atoms with Gasteiger partial charge in [0.1, 0.15) is 0 Å². The Hall–Kier alpha value is -2.10. The fourth-order valence-corrected chi connectivity index (χ4v) is 4.65. The molecule has 0 N–H and O–H groups in total. The summed E-state index contributed by atoms with van der Waals surface area (Å²) in [7, 11) is -0.352. The first-order valence-corrected chi connectivity index (χ1v) is 10.7. The minimum absolute atomic E-state index is 0.346. The van der Waals surface area contributed by atoms with Crippen molar-refractivity contribution in [2.75, 3.05) is 0 Å². The van der Waals surface area contributed by atoms with Crippen molar-refractivity contribution < 1.29 is 9.31 Å². The molecule has 0 bridgehead atoms. The zero-order chi connectivity index (χ0) is 20.7. The minimum Gasteiger partial charge on any atom is -0.399 e. The molecule has 1 aliphatic heterocycles. The van der Waals surface area contributed by atoms with Crippen molar-refractivity contribution in [2.24, 2.45) is 0 Å². The summed E-state index contributed by atoms with van der Waals surface area (Å²) in [4.78, 5) is 0. The van der Waals surface area contributed by atoms with Crippen LogP contribution in [0.25, 0.3) is 32.3 Å². The fourth-order valence-electron chi connectivity index (χ4n) is 4.65. The summed E-state index contributed by atoms with van der Waals surface area (Å²) in [5.74, 6) is 0.513. The van der Waals surface area contributed by atoms with Crippen molar-refractivity contribution in [3.63, 3.8) is 0 Å². The molecule has 0 amide bonds. The maximum atomic E-state index is 6.42. The van der Waals surface area contributed by atoms with Crippen molar-refractivity contribution in [3.8, 4) is 0 Å². The number of rotatable bonds is 2. The normalized spacial score (nSPS) is 18.7. The van der Waals surface area contributed by atoms with Gasteiger partial charge in [-0.05, 0) is 89.4 Å². The lowest BCUT2D eigenvalue weighted by molar-refractivity contribution is 0.00578. The van der Waals surface area contributed by atoms with Crippen LogP contribution in [0.2, 0.25) is 0 Å². The average molecular weight is 384 g/mol. The van der Waals surface area contributed by atoms with E-state index >= 15 is 0 Å². The molecule has 1 heterocycles. The van der Waals surface area contributed by atoms with E-state index in [0.717, 1.165) is 5.46 Å². The van der Waals surface area contributed by atoms with Crippen molar-refractivity contribution in [2.45, 2.75) is 65.6 Å². The predicted octanol–water partition coefficient (Wildman–Crippen LogP) is 6.32. The van der Waals surface area contributed by atoms with Crippen LogP contribution in [-0.2, 0) is 9.31 Å². The van der Waals surface area contributed by atoms with E-state index in [4.69, 9.17) is 9.31 Å². The molecule has 0 radical (unpaired) electrons. The van der Waals surface area contributed by atoms with Gasteiger partial charge < -0.3 is 9.31 Å². The van der Waals surface area contributed by atoms with Gasteiger partial charge in [0.2, 0.25) is 0 Å². The van der Waals surface area contributed by atoms with E-state index in [-0.39, 0.29) is 18.3 Å². The lowest BCUT2D eigenvalue weighted by atomic mass is 9.73. The molecule has 4 aromatic rings. The van der Waals surface area contributed by atoms with Crippen molar-refractivity contribution in [3.05, 3.63) is 53.6 Å². The highest BCUT2D eigenvalue weighted by molar-refractivity contribution is 6.65. The van der Waals surface area contributed by atoms with Gasteiger partial charge in [0.05, 0.1) is 11.2 Å². The number of hydrogen-bond acceptors (Lipinski definition) is 2. The minimum atomic E-state index is -0.352. The second-order valence-corrected chi connectivity index (χ2v) is 9.97. The lowest BCUT2D eigenvalue weighted by Crippen LogP contribution is -2.41. The van der Waals surface area contributed by atoms with E-state index in [1.807, 2.05) is 0 Å². The monoisotopic (exact) mass is 384 g/mol. The molecule has 2 nitrogen and oxygen atoms in total. The molecular weight excluding hydrogens is 355 g/mol. The highest BCUT2D eigenvalue weighted by Crippen LogP contribution is 2.40.